The highest BCUT2D eigenvalue weighted by atomic mass is 35.5. The Kier molecular flexibility index (Phi) is 9.37. The topological polar surface area (TPSA) is 82.2 Å². The predicted molar refractivity (Wildman–Crippen MR) is 147 cm³/mol. The molecule has 2 aliphatic heterocycles. The Hall–Kier alpha value is -3.69. The normalized spacial score (nSPS) is 18.4. The van der Waals surface area contributed by atoms with Crippen molar-refractivity contribution in [2.24, 2.45) is 0 Å². The number of hydrogen-bond donors (Lipinski definition) is 1. The van der Waals surface area contributed by atoms with Crippen molar-refractivity contribution in [1.82, 2.24) is 20.0 Å². The third-order valence-corrected chi connectivity index (χ3v) is 6.98. The fourth-order valence-electron chi connectivity index (χ4n) is 4.93. The van der Waals surface area contributed by atoms with Crippen LogP contribution in [0.1, 0.15) is 35.3 Å². The first-order valence-electron chi connectivity index (χ1n) is 12.9. The average molecular weight is 555 g/mol. The van der Waals surface area contributed by atoms with Crippen molar-refractivity contribution in [3.63, 3.8) is 0 Å². The number of amides is 3. The molecule has 1 fully saturated rings. The number of nitrogens with one attached hydrogen (secondary N) is 1. The van der Waals surface area contributed by atoms with E-state index >= 15 is 0 Å². The largest absolute Gasteiger partial charge is 0.463 e. The van der Waals surface area contributed by atoms with Crippen LogP contribution in [-0.2, 0) is 9.53 Å². The van der Waals surface area contributed by atoms with E-state index in [2.05, 4.69) is 16.8 Å². The van der Waals surface area contributed by atoms with Crippen LogP contribution in [0.25, 0.3) is 0 Å². The maximum absolute atomic E-state index is 13.7. The van der Waals surface area contributed by atoms with Crippen LogP contribution < -0.4 is 5.32 Å². The Morgan fingerprint density at radius 1 is 1.15 bits per heavy atom. The zero-order chi connectivity index (χ0) is 27.9. The van der Waals surface area contributed by atoms with Gasteiger partial charge in [0.2, 0.25) is 0 Å². The molecule has 2 aliphatic rings. The molecular weight excluding hydrogens is 523 g/mol. The number of hydrogen-bond acceptors (Lipinski definition) is 5. The van der Waals surface area contributed by atoms with Gasteiger partial charge in [-0.3, -0.25) is 14.6 Å². The van der Waals surface area contributed by atoms with E-state index in [0.717, 1.165) is 0 Å². The van der Waals surface area contributed by atoms with Gasteiger partial charge in [0.15, 0.2) is 0 Å². The van der Waals surface area contributed by atoms with Crippen LogP contribution in [-0.4, -0.2) is 78.5 Å². The molecule has 2 heterocycles. The van der Waals surface area contributed by atoms with Crippen molar-refractivity contribution >= 4 is 29.5 Å². The quantitative estimate of drug-likeness (QED) is 0.386. The molecule has 0 aromatic heterocycles. The van der Waals surface area contributed by atoms with Gasteiger partial charge in [0, 0.05) is 55.6 Å². The van der Waals surface area contributed by atoms with E-state index in [0.29, 0.717) is 60.0 Å². The lowest BCUT2D eigenvalue weighted by Gasteiger charge is -2.38. The summed E-state index contributed by atoms with van der Waals surface area (Å²) in [5.41, 5.74) is 1.82. The molecule has 2 aromatic carbocycles. The smallest absolute Gasteiger partial charge is 0.338 e. The number of ether oxygens (including phenoxy) is 1. The Bertz CT molecular complexity index is 1280. The highest BCUT2D eigenvalue weighted by Crippen LogP contribution is 2.33. The first kappa shape index (κ1) is 28.3. The minimum atomic E-state index is -0.746. The summed E-state index contributed by atoms with van der Waals surface area (Å²) >= 11 is 6.24. The van der Waals surface area contributed by atoms with Gasteiger partial charge in [0.1, 0.15) is 5.82 Å². The second kappa shape index (κ2) is 12.9. The standard InChI is InChI=1S/C29H32ClFN4O4/c1-3-12-35-24(19-33-13-7-14-34(16-15-33)27(36)21-9-6-11-23(31)18-21)25(28(37)39-4-2)26(32-29(35)38)20-8-5-10-22(30)17-20/h3,5-6,8-11,17-18,26H,1,4,7,12-16,19H2,2H3,(H,32,38). The van der Waals surface area contributed by atoms with Crippen molar-refractivity contribution in [3.8, 4) is 0 Å². The van der Waals surface area contributed by atoms with Gasteiger partial charge in [-0.25, -0.2) is 14.0 Å². The lowest BCUT2D eigenvalue weighted by atomic mass is 9.94. The predicted octanol–water partition coefficient (Wildman–Crippen LogP) is 4.40. The zero-order valence-electron chi connectivity index (χ0n) is 21.9. The molecule has 3 amide bonds. The Morgan fingerprint density at radius 3 is 2.67 bits per heavy atom. The highest BCUT2D eigenvalue weighted by Gasteiger charge is 2.38. The second-order valence-electron chi connectivity index (χ2n) is 9.35. The number of urea groups is 1. The molecule has 0 aliphatic carbocycles. The number of carbonyl (C=O) groups excluding carboxylic acids is 3. The van der Waals surface area contributed by atoms with Crippen molar-refractivity contribution < 1.29 is 23.5 Å². The van der Waals surface area contributed by atoms with Gasteiger partial charge in [0.05, 0.1) is 18.2 Å². The van der Waals surface area contributed by atoms with E-state index in [1.165, 1.54) is 23.1 Å². The fourth-order valence-corrected chi connectivity index (χ4v) is 5.13. The molecule has 10 heteroatoms. The van der Waals surface area contributed by atoms with E-state index in [9.17, 15) is 18.8 Å². The summed E-state index contributed by atoms with van der Waals surface area (Å²) in [4.78, 5) is 44.9. The van der Waals surface area contributed by atoms with Gasteiger partial charge >= 0.3 is 12.0 Å². The molecule has 0 bridgehead atoms. The molecule has 206 valence electrons. The second-order valence-corrected chi connectivity index (χ2v) is 9.79. The molecule has 1 saturated heterocycles. The summed E-state index contributed by atoms with van der Waals surface area (Å²) in [6, 6.07) is 11.6. The molecule has 2 aromatic rings. The lowest BCUT2D eigenvalue weighted by molar-refractivity contribution is -0.139. The third kappa shape index (κ3) is 6.66. The van der Waals surface area contributed by atoms with Gasteiger partial charge in [-0.05, 0) is 49.2 Å². The number of benzene rings is 2. The molecule has 8 nitrogen and oxygen atoms in total. The Labute approximate surface area is 232 Å². The van der Waals surface area contributed by atoms with Crippen LogP contribution in [0, 0.1) is 5.82 Å². The zero-order valence-corrected chi connectivity index (χ0v) is 22.6. The van der Waals surface area contributed by atoms with E-state index in [-0.39, 0.29) is 31.6 Å². The first-order valence-corrected chi connectivity index (χ1v) is 13.3. The Balaban J connectivity index is 1.64. The summed E-state index contributed by atoms with van der Waals surface area (Å²) in [7, 11) is 0. The average Bonchev–Trinajstić information content (AvgIpc) is 3.15. The number of rotatable bonds is 8. The van der Waals surface area contributed by atoms with Crippen LogP contribution in [0.15, 0.2) is 72.5 Å². The monoisotopic (exact) mass is 554 g/mol. The fraction of sp³-hybridized carbons (Fsp3) is 0.345. The van der Waals surface area contributed by atoms with Gasteiger partial charge in [-0.1, -0.05) is 35.9 Å². The summed E-state index contributed by atoms with van der Waals surface area (Å²) in [6.07, 6.45) is 2.28. The van der Waals surface area contributed by atoms with Crippen molar-refractivity contribution in [2.45, 2.75) is 19.4 Å². The molecule has 1 unspecified atom stereocenters. The van der Waals surface area contributed by atoms with Crippen molar-refractivity contribution in [2.75, 3.05) is 45.9 Å². The van der Waals surface area contributed by atoms with Gasteiger partial charge < -0.3 is 15.0 Å². The molecule has 0 radical (unpaired) electrons. The lowest BCUT2D eigenvalue weighted by Crippen LogP contribution is -2.51. The van der Waals surface area contributed by atoms with Crippen LogP contribution in [0.3, 0.4) is 0 Å². The minimum Gasteiger partial charge on any atom is -0.463 e. The van der Waals surface area contributed by atoms with E-state index in [4.69, 9.17) is 16.3 Å². The SMILES string of the molecule is C=CCN1C(=O)NC(c2cccc(Cl)c2)C(C(=O)OCC)=C1CN1CCCN(C(=O)c2cccc(F)c2)CC1. The van der Waals surface area contributed by atoms with Crippen molar-refractivity contribution in [3.05, 3.63) is 94.4 Å². The highest BCUT2D eigenvalue weighted by molar-refractivity contribution is 6.30. The van der Waals surface area contributed by atoms with Crippen LogP contribution in [0.4, 0.5) is 9.18 Å². The number of nitrogens with zero attached hydrogens (tertiary/aromatic N) is 3. The molecule has 0 saturated carbocycles. The Morgan fingerprint density at radius 2 is 1.95 bits per heavy atom. The van der Waals surface area contributed by atoms with Gasteiger partial charge in [0.25, 0.3) is 5.91 Å². The summed E-state index contributed by atoms with van der Waals surface area (Å²) < 4.78 is 19.1. The molecule has 1 N–H and O–H groups in total. The van der Waals surface area contributed by atoms with Gasteiger partial charge in [-0.2, -0.15) is 0 Å². The maximum atomic E-state index is 13.7. The van der Waals surface area contributed by atoms with E-state index in [1.54, 1.807) is 48.2 Å². The van der Waals surface area contributed by atoms with Crippen LogP contribution in [0.2, 0.25) is 5.02 Å². The van der Waals surface area contributed by atoms with E-state index < -0.39 is 17.8 Å². The molecule has 4 rings (SSSR count). The first-order chi connectivity index (χ1) is 18.8. The van der Waals surface area contributed by atoms with Crippen LogP contribution in [0.5, 0.6) is 0 Å². The van der Waals surface area contributed by atoms with E-state index in [1.807, 2.05) is 0 Å². The minimum absolute atomic E-state index is 0.175. The summed E-state index contributed by atoms with van der Waals surface area (Å²) in [5, 5.41) is 3.41. The molecular formula is C29H32ClFN4O4. The van der Waals surface area contributed by atoms with Gasteiger partial charge in [-0.15, -0.1) is 6.58 Å². The number of halogens is 2. The molecule has 39 heavy (non-hydrogen) atoms. The number of carbonyl (C=O) groups is 3. The molecule has 1 atom stereocenters. The summed E-state index contributed by atoms with van der Waals surface area (Å²) in [6.45, 7) is 8.25. The maximum Gasteiger partial charge on any atom is 0.338 e. The number of esters is 1. The molecule has 0 spiro atoms. The van der Waals surface area contributed by atoms with Crippen molar-refractivity contribution in [1.29, 1.82) is 0 Å². The van der Waals surface area contributed by atoms with Crippen LogP contribution >= 0.6 is 11.6 Å². The third-order valence-electron chi connectivity index (χ3n) is 6.75. The summed E-state index contributed by atoms with van der Waals surface area (Å²) in [5.74, 6) is -1.21.